The Kier molecular flexibility index (Phi) is 7.47. The fraction of sp³-hybridized carbons (Fsp3) is 0.600. The van der Waals surface area contributed by atoms with Gasteiger partial charge in [0.05, 0.1) is 20.3 Å². The van der Waals surface area contributed by atoms with Crippen molar-refractivity contribution in [3.8, 4) is 11.5 Å². The van der Waals surface area contributed by atoms with Crippen LogP contribution in [0.25, 0.3) is 0 Å². The van der Waals surface area contributed by atoms with Crippen LogP contribution >= 0.6 is 0 Å². The molecule has 1 atom stereocenters. The maximum absolute atomic E-state index is 12.4. The first-order chi connectivity index (χ1) is 12.8. The Labute approximate surface area is 161 Å². The van der Waals surface area contributed by atoms with Crippen molar-refractivity contribution in [2.75, 3.05) is 21.3 Å². The minimum atomic E-state index is -0.452. The minimum absolute atomic E-state index is 0.181. The molecule has 1 aromatic rings. The third kappa shape index (κ3) is 5.60. The number of hydrogen-bond acceptors (Lipinski definition) is 5. The summed E-state index contributed by atoms with van der Waals surface area (Å²) >= 11 is 0. The second-order valence-corrected chi connectivity index (χ2v) is 7.17. The molecule has 0 radical (unpaired) electrons. The van der Waals surface area contributed by atoms with Crippen LogP contribution in [0.1, 0.15) is 43.7 Å². The van der Waals surface area contributed by atoms with Crippen LogP contribution in [0.3, 0.4) is 0 Å². The number of aryl methyl sites for hydroxylation is 1. The third-order valence-electron chi connectivity index (χ3n) is 5.23. The molecule has 1 aromatic carbocycles. The normalized spacial score (nSPS) is 15.5. The van der Waals surface area contributed by atoms with E-state index in [4.69, 9.17) is 9.47 Å². The Morgan fingerprint density at radius 1 is 1.19 bits per heavy atom. The molecule has 1 fully saturated rings. The lowest BCUT2D eigenvalue weighted by Crippen LogP contribution is -2.50. The number of hydrogen-bond donors (Lipinski definition) is 2. The predicted molar refractivity (Wildman–Crippen MR) is 104 cm³/mol. The zero-order valence-corrected chi connectivity index (χ0v) is 16.9. The summed E-state index contributed by atoms with van der Waals surface area (Å²) in [7, 11) is 5.06. The molecule has 7 nitrogen and oxygen atoms in total. The van der Waals surface area contributed by atoms with Gasteiger partial charge in [-0.25, -0.2) is 4.79 Å². The molecule has 1 aliphatic carbocycles. The molecule has 1 aliphatic rings. The van der Waals surface area contributed by atoms with Crippen molar-refractivity contribution in [3.05, 3.63) is 23.3 Å². The first-order valence-corrected chi connectivity index (χ1v) is 9.38. The second-order valence-electron chi connectivity index (χ2n) is 7.17. The van der Waals surface area contributed by atoms with Crippen LogP contribution in [0.4, 0.5) is 4.79 Å². The van der Waals surface area contributed by atoms with E-state index in [0.717, 1.165) is 36.8 Å². The third-order valence-corrected chi connectivity index (χ3v) is 5.23. The largest absolute Gasteiger partial charge is 0.493 e. The van der Waals surface area contributed by atoms with Crippen LogP contribution in [0, 0.1) is 6.92 Å². The van der Waals surface area contributed by atoms with Crippen molar-refractivity contribution >= 4 is 11.9 Å². The molecule has 150 valence electrons. The van der Waals surface area contributed by atoms with E-state index in [1.54, 1.807) is 21.1 Å². The summed E-state index contributed by atoms with van der Waals surface area (Å²) in [5, 5.41) is 5.32. The van der Waals surface area contributed by atoms with Gasteiger partial charge in [-0.15, -0.1) is 0 Å². The standard InChI is InChI=1S/C20H31N3O4/c1-13-10-17(26-4)18(27-5)11-15(13)12-23(3)14(2)19(24)22-20(25)21-16-8-6-7-9-16/h10-11,14,16H,6-9,12H2,1-5H3,(H2,21,22,24,25)/t14-/m0/s1. The SMILES string of the molecule is COc1cc(C)c(CN(C)[C@@H](C)C(=O)NC(=O)NC2CCCC2)cc1OC. The van der Waals surface area contributed by atoms with Crippen LogP contribution in [-0.2, 0) is 11.3 Å². The summed E-state index contributed by atoms with van der Waals surface area (Å²) in [6, 6.07) is 3.16. The number of urea groups is 1. The number of rotatable bonds is 7. The highest BCUT2D eigenvalue weighted by molar-refractivity contribution is 5.96. The highest BCUT2D eigenvalue weighted by Gasteiger charge is 2.23. The number of carbonyl (C=O) groups excluding carboxylic acids is 2. The Hall–Kier alpha value is -2.28. The van der Waals surface area contributed by atoms with Gasteiger partial charge in [-0.2, -0.15) is 0 Å². The molecule has 27 heavy (non-hydrogen) atoms. The van der Waals surface area contributed by atoms with Crippen LogP contribution in [-0.4, -0.2) is 50.2 Å². The van der Waals surface area contributed by atoms with Crippen molar-refractivity contribution in [3.63, 3.8) is 0 Å². The van der Waals surface area contributed by atoms with Gasteiger partial charge in [0, 0.05) is 12.6 Å². The number of benzene rings is 1. The summed E-state index contributed by atoms with van der Waals surface area (Å²) in [5.41, 5.74) is 2.08. The molecule has 0 bridgehead atoms. The van der Waals surface area contributed by atoms with Crippen molar-refractivity contribution in [2.45, 2.75) is 58.2 Å². The van der Waals surface area contributed by atoms with Gasteiger partial charge in [0.2, 0.25) is 5.91 Å². The van der Waals surface area contributed by atoms with E-state index in [2.05, 4.69) is 10.6 Å². The smallest absolute Gasteiger partial charge is 0.321 e. The van der Waals surface area contributed by atoms with Gasteiger partial charge in [-0.05, 0) is 57.0 Å². The Balaban J connectivity index is 1.95. The summed E-state index contributed by atoms with van der Waals surface area (Å²) in [6.07, 6.45) is 4.22. The second kappa shape index (κ2) is 9.60. The van der Waals surface area contributed by atoms with Crippen LogP contribution in [0.15, 0.2) is 12.1 Å². The van der Waals surface area contributed by atoms with Gasteiger partial charge < -0.3 is 14.8 Å². The number of imide groups is 1. The van der Waals surface area contributed by atoms with Gasteiger partial charge in [-0.1, -0.05) is 12.8 Å². The molecule has 3 amide bonds. The Bertz CT molecular complexity index is 671. The van der Waals surface area contributed by atoms with Crippen molar-refractivity contribution in [2.24, 2.45) is 0 Å². The van der Waals surface area contributed by atoms with Crippen molar-refractivity contribution in [1.82, 2.24) is 15.5 Å². The highest BCUT2D eigenvalue weighted by atomic mass is 16.5. The molecule has 2 rings (SSSR count). The number of carbonyl (C=O) groups is 2. The van der Waals surface area contributed by atoms with E-state index in [1.807, 2.05) is 31.0 Å². The number of likely N-dealkylation sites (N-methyl/N-ethyl adjacent to an activating group) is 1. The number of methoxy groups -OCH3 is 2. The molecule has 0 aromatic heterocycles. The van der Waals surface area contributed by atoms with Crippen LogP contribution in [0.5, 0.6) is 11.5 Å². The number of amides is 3. The summed E-state index contributed by atoms with van der Waals surface area (Å²) < 4.78 is 10.7. The highest BCUT2D eigenvalue weighted by Crippen LogP contribution is 2.30. The van der Waals surface area contributed by atoms with E-state index in [1.165, 1.54) is 0 Å². The monoisotopic (exact) mass is 377 g/mol. The van der Waals surface area contributed by atoms with E-state index < -0.39 is 12.1 Å². The van der Waals surface area contributed by atoms with Crippen molar-refractivity contribution < 1.29 is 19.1 Å². The number of nitrogens with zero attached hydrogens (tertiary/aromatic N) is 1. The van der Waals surface area contributed by atoms with Gasteiger partial charge >= 0.3 is 6.03 Å². The van der Waals surface area contributed by atoms with E-state index in [-0.39, 0.29) is 11.9 Å². The summed E-state index contributed by atoms with van der Waals surface area (Å²) in [6.45, 7) is 4.32. The van der Waals surface area contributed by atoms with E-state index >= 15 is 0 Å². The first kappa shape index (κ1) is 21.0. The first-order valence-electron chi connectivity index (χ1n) is 9.38. The lowest BCUT2D eigenvalue weighted by atomic mass is 10.1. The Morgan fingerprint density at radius 2 is 1.78 bits per heavy atom. The van der Waals surface area contributed by atoms with Gasteiger partial charge in [0.25, 0.3) is 0 Å². The quantitative estimate of drug-likeness (QED) is 0.763. The van der Waals surface area contributed by atoms with Gasteiger partial charge in [0.15, 0.2) is 11.5 Å². The van der Waals surface area contributed by atoms with Crippen molar-refractivity contribution in [1.29, 1.82) is 0 Å². The molecule has 0 heterocycles. The molecule has 0 aliphatic heterocycles. The van der Waals surface area contributed by atoms with Crippen LogP contribution < -0.4 is 20.1 Å². The maximum atomic E-state index is 12.4. The zero-order valence-electron chi connectivity index (χ0n) is 16.9. The maximum Gasteiger partial charge on any atom is 0.321 e. The molecular weight excluding hydrogens is 346 g/mol. The summed E-state index contributed by atoms with van der Waals surface area (Å²) in [4.78, 5) is 26.3. The predicted octanol–water partition coefficient (Wildman–Crippen LogP) is 2.60. The summed E-state index contributed by atoms with van der Waals surface area (Å²) in [5.74, 6) is 1.02. The molecule has 2 N–H and O–H groups in total. The van der Waals surface area contributed by atoms with E-state index in [0.29, 0.717) is 18.0 Å². The lowest BCUT2D eigenvalue weighted by molar-refractivity contribution is -0.124. The zero-order chi connectivity index (χ0) is 20.0. The lowest BCUT2D eigenvalue weighted by Gasteiger charge is -2.25. The molecule has 0 spiro atoms. The molecule has 0 unspecified atom stereocenters. The van der Waals surface area contributed by atoms with Crippen LogP contribution in [0.2, 0.25) is 0 Å². The fourth-order valence-electron chi connectivity index (χ4n) is 3.31. The average Bonchev–Trinajstić information content (AvgIpc) is 3.14. The molecule has 1 saturated carbocycles. The molecule has 7 heteroatoms. The number of ether oxygens (including phenoxy) is 2. The topological polar surface area (TPSA) is 79.9 Å². The molecule has 0 saturated heterocycles. The average molecular weight is 377 g/mol. The van der Waals surface area contributed by atoms with Gasteiger partial charge in [-0.3, -0.25) is 15.0 Å². The Morgan fingerprint density at radius 3 is 2.37 bits per heavy atom. The molecular formula is C20H31N3O4. The fourth-order valence-corrected chi connectivity index (χ4v) is 3.31. The van der Waals surface area contributed by atoms with E-state index in [9.17, 15) is 9.59 Å². The minimum Gasteiger partial charge on any atom is -0.493 e. The van der Waals surface area contributed by atoms with Gasteiger partial charge in [0.1, 0.15) is 0 Å². The number of nitrogens with one attached hydrogen (secondary N) is 2.